The lowest BCUT2D eigenvalue weighted by molar-refractivity contribution is 0.462. The molecule has 3 nitrogen and oxygen atoms in total. The van der Waals surface area contributed by atoms with Gasteiger partial charge >= 0.3 is 0 Å². The molecule has 0 aliphatic heterocycles. The molecule has 0 heterocycles. The zero-order valence-electron chi connectivity index (χ0n) is 5.30. The van der Waals surface area contributed by atoms with Gasteiger partial charge in [-0.3, -0.25) is 0 Å². The van der Waals surface area contributed by atoms with Gasteiger partial charge in [0.2, 0.25) is 6.01 Å². The lowest BCUT2D eigenvalue weighted by atomic mass is 11.8. The average molecular weight is 160 g/mol. The first-order valence-corrected chi connectivity index (χ1v) is 5.07. The van der Waals surface area contributed by atoms with E-state index in [1.165, 1.54) is 6.55 Å². The minimum absolute atomic E-state index is 1.33. The van der Waals surface area contributed by atoms with Crippen molar-refractivity contribution < 1.29 is 16.7 Å². The molecule has 0 fully saturated rings. The van der Waals surface area contributed by atoms with Crippen molar-refractivity contribution in [2.24, 2.45) is 0 Å². The Kier molecular flexibility index (Phi) is 2.44. The number of rotatable bonds is 3. The highest BCUT2D eigenvalue weighted by Gasteiger charge is 2.05. The number of alkyl halides is 1. The fourth-order valence-electron chi connectivity index (χ4n) is 0.172. The quantitative estimate of drug-likeness (QED) is 0.517. The molecule has 1 atom stereocenters. The van der Waals surface area contributed by atoms with E-state index in [1.54, 1.807) is 0 Å². The molecule has 0 spiro atoms. The number of hydrogen-bond donors (Lipinski definition) is 0. The summed E-state index contributed by atoms with van der Waals surface area (Å²) >= 11 is 0. The zero-order valence-corrected chi connectivity index (χ0v) is 6.27. The van der Waals surface area contributed by atoms with Gasteiger partial charge in [0.25, 0.3) is 10.1 Å². The highest BCUT2D eigenvalue weighted by molar-refractivity contribution is 7.87. The Morgan fingerprint density at radius 2 is 2.50 bits per heavy atom. The Bertz CT molecular complexity index is 167. The van der Waals surface area contributed by atoms with Gasteiger partial charge < -0.3 is 3.87 Å². The van der Waals surface area contributed by atoms with Crippen LogP contribution in [0.1, 0.15) is 0 Å². The molecule has 0 rings (SSSR count). The van der Waals surface area contributed by atoms with Crippen LogP contribution >= 0.6 is 0 Å². The predicted molar refractivity (Wildman–Crippen MR) is 30.4 cm³/mol. The summed E-state index contributed by atoms with van der Waals surface area (Å²) in [6.07, 6.45) is 0. The summed E-state index contributed by atoms with van der Waals surface area (Å²) < 4.78 is 42.3. The van der Waals surface area contributed by atoms with Gasteiger partial charge in [0.1, 0.15) is 0 Å². The smallest absolute Gasteiger partial charge is 0.286 e. The van der Waals surface area contributed by atoms with E-state index in [0.29, 0.717) is 0 Å². The monoisotopic (exact) mass is 160 g/mol. The summed E-state index contributed by atoms with van der Waals surface area (Å²) in [7, 11) is -6.40. The lowest BCUT2D eigenvalue weighted by Gasteiger charge is -1.94. The van der Waals surface area contributed by atoms with Crippen LogP contribution < -0.4 is 0 Å². The summed E-state index contributed by atoms with van der Waals surface area (Å²) in [4.78, 5) is 0. The lowest BCUT2D eigenvalue weighted by Crippen LogP contribution is -2.08. The second kappa shape index (κ2) is 3.16. The first kappa shape index (κ1) is 6.18. The van der Waals surface area contributed by atoms with Crippen LogP contribution in [0.2, 0.25) is 6.55 Å². The van der Waals surface area contributed by atoms with Gasteiger partial charge in [-0.05, 0) is 6.55 Å². The molecule has 6 heteroatoms. The standard InChI is InChI=1S/C2H7FO3SSi/c1-8-6-7(4,5)2-3/h2,8H2,1H3/i8T. The third-order valence-corrected chi connectivity index (χ3v) is 2.59. The zero-order chi connectivity index (χ0) is 7.49. The summed E-state index contributed by atoms with van der Waals surface area (Å²) in [5.74, 6) is 0. The Hall–Kier alpha value is 0.0569. The van der Waals surface area contributed by atoms with Crippen molar-refractivity contribution in [3.05, 3.63) is 0 Å². The molecule has 0 amide bonds. The predicted octanol–water partition coefficient (Wildman–Crippen LogP) is -0.608. The molecular formula is C2H7FO3SSi. The third-order valence-electron chi connectivity index (χ3n) is 0.376. The molecular weight excluding hydrogens is 151 g/mol. The van der Waals surface area contributed by atoms with Crippen molar-refractivity contribution in [3.63, 3.8) is 0 Å². The Balaban J connectivity index is 3.90. The van der Waals surface area contributed by atoms with E-state index >= 15 is 0 Å². The molecule has 0 radical (unpaired) electrons. The van der Waals surface area contributed by atoms with Gasteiger partial charge in [0, 0.05) is 1.23 Å². The Morgan fingerprint density at radius 3 is 2.62 bits per heavy atom. The van der Waals surface area contributed by atoms with E-state index < -0.39 is 25.8 Å². The molecule has 0 saturated heterocycles. The molecule has 0 aromatic heterocycles. The first-order chi connectivity index (χ1) is 3.98. The molecule has 0 aliphatic carbocycles. The van der Waals surface area contributed by atoms with E-state index in [-0.39, 0.29) is 0 Å². The summed E-state index contributed by atoms with van der Waals surface area (Å²) in [6.45, 7) is 1.33. The highest BCUT2D eigenvalue weighted by atomic mass is 32.2. The van der Waals surface area contributed by atoms with Crippen molar-refractivity contribution in [1.29, 1.82) is 1.23 Å². The molecule has 0 bridgehead atoms. The van der Waals surface area contributed by atoms with Gasteiger partial charge in [-0.2, -0.15) is 8.42 Å². The molecule has 0 aromatic rings. The van der Waals surface area contributed by atoms with Crippen molar-refractivity contribution in [1.82, 2.24) is 0 Å². The molecule has 0 N–H and O–H groups in total. The minimum Gasteiger partial charge on any atom is -0.321 e. The Labute approximate surface area is 51.1 Å². The van der Waals surface area contributed by atoms with Crippen LogP contribution in [-0.4, -0.2) is 25.4 Å². The van der Waals surface area contributed by atoms with Crippen molar-refractivity contribution >= 4 is 19.8 Å². The molecule has 8 heavy (non-hydrogen) atoms. The van der Waals surface area contributed by atoms with Gasteiger partial charge in [-0.25, -0.2) is 4.39 Å². The summed E-state index contributed by atoms with van der Waals surface area (Å²) in [6, 6.07) is -1.54. The third kappa shape index (κ3) is 3.11. The molecule has 0 saturated carbocycles. The van der Waals surface area contributed by atoms with Gasteiger partial charge in [0.15, 0.2) is 9.70 Å². The molecule has 50 valence electrons. The summed E-state index contributed by atoms with van der Waals surface area (Å²) in [5, 5.41) is 0. The normalized spacial score (nSPS) is 17.5. The van der Waals surface area contributed by atoms with Gasteiger partial charge in [-0.1, -0.05) is 0 Å². The maximum absolute atomic E-state index is 11.4. The molecule has 0 aromatic carbocycles. The largest absolute Gasteiger partial charge is 0.321 e. The average Bonchev–Trinajstić information content (AvgIpc) is 1.63. The van der Waals surface area contributed by atoms with Crippen molar-refractivity contribution in [2.45, 2.75) is 6.55 Å². The van der Waals surface area contributed by atoms with E-state index in [0.717, 1.165) is 0 Å². The highest BCUT2D eigenvalue weighted by Crippen LogP contribution is 1.89. The number of hydrogen-bond acceptors (Lipinski definition) is 3. The minimum atomic E-state index is -4.01. The van der Waals surface area contributed by atoms with Crippen LogP contribution in [-0.2, 0) is 14.0 Å². The fourth-order valence-corrected chi connectivity index (χ4v) is 1.55. The van der Waals surface area contributed by atoms with E-state index in [1.807, 2.05) is 0 Å². The van der Waals surface area contributed by atoms with Gasteiger partial charge in [-0.15, -0.1) is 0 Å². The van der Waals surface area contributed by atoms with Crippen LogP contribution in [0.15, 0.2) is 0 Å². The molecule has 0 aliphatic rings. The topological polar surface area (TPSA) is 43.4 Å². The fraction of sp³-hybridized carbons (Fsp3) is 1.00. The Morgan fingerprint density at radius 1 is 2.00 bits per heavy atom. The van der Waals surface area contributed by atoms with Crippen LogP contribution in [0.4, 0.5) is 4.39 Å². The molecule has 1 unspecified atom stereocenters. The number of halogens is 1. The maximum atomic E-state index is 11.4. The summed E-state index contributed by atoms with van der Waals surface area (Å²) in [5.41, 5.74) is 0. The van der Waals surface area contributed by atoms with Crippen molar-refractivity contribution in [3.8, 4) is 0 Å². The maximum Gasteiger partial charge on any atom is 0.286 e. The van der Waals surface area contributed by atoms with E-state index in [4.69, 9.17) is 1.23 Å². The van der Waals surface area contributed by atoms with Crippen LogP contribution in [0.3, 0.4) is 0 Å². The van der Waals surface area contributed by atoms with Crippen LogP contribution in [0.5, 0.6) is 0 Å². The first-order valence-electron chi connectivity index (χ1n) is 2.45. The van der Waals surface area contributed by atoms with Gasteiger partial charge in [0.05, 0.1) is 0 Å². The second-order valence-corrected chi connectivity index (χ2v) is 3.57. The van der Waals surface area contributed by atoms with E-state index in [9.17, 15) is 12.8 Å². The van der Waals surface area contributed by atoms with Crippen molar-refractivity contribution in [2.75, 3.05) is 6.01 Å². The van der Waals surface area contributed by atoms with E-state index in [2.05, 4.69) is 3.87 Å². The van der Waals surface area contributed by atoms with Crippen LogP contribution in [0, 0.1) is 0 Å². The van der Waals surface area contributed by atoms with Crippen LogP contribution in [0.25, 0.3) is 0 Å². The second-order valence-electron chi connectivity index (χ2n) is 0.999. The SMILES string of the molecule is [3H][SiH](C)OS(=O)(=O)CF.